The van der Waals surface area contributed by atoms with Crippen molar-refractivity contribution < 1.29 is 19.1 Å². The van der Waals surface area contributed by atoms with Crippen LogP contribution in [0, 0.1) is 11.8 Å². The number of nitrogens with zero attached hydrogens (tertiary/aromatic N) is 1. The fraction of sp³-hybridized carbons (Fsp3) is 0.429. The first-order valence-electron chi connectivity index (χ1n) is 6.27. The number of hydrogen-bond acceptors (Lipinski definition) is 4. The Kier molecular flexibility index (Phi) is 2.89. The van der Waals surface area contributed by atoms with Crippen molar-refractivity contribution in [3.05, 3.63) is 29.8 Å². The van der Waals surface area contributed by atoms with E-state index in [2.05, 4.69) is 0 Å². The summed E-state index contributed by atoms with van der Waals surface area (Å²) in [7, 11) is 1.62. The molecule has 1 aromatic rings. The van der Waals surface area contributed by atoms with Crippen molar-refractivity contribution in [2.45, 2.75) is 6.54 Å². The van der Waals surface area contributed by atoms with E-state index in [0.29, 0.717) is 19.7 Å². The van der Waals surface area contributed by atoms with Crippen LogP contribution in [0.5, 0.6) is 5.75 Å². The summed E-state index contributed by atoms with van der Waals surface area (Å²) in [6.07, 6.45) is 0. The average molecular weight is 261 g/mol. The highest BCUT2D eigenvalue weighted by Crippen LogP contribution is 2.32. The van der Waals surface area contributed by atoms with Gasteiger partial charge in [0.05, 0.1) is 13.7 Å². The van der Waals surface area contributed by atoms with Crippen LogP contribution in [-0.2, 0) is 20.9 Å². The van der Waals surface area contributed by atoms with Gasteiger partial charge in [-0.3, -0.25) is 9.59 Å². The van der Waals surface area contributed by atoms with E-state index < -0.39 is 5.92 Å². The van der Waals surface area contributed by atoms with Gasteiger partial charge in [0.15, 0.2) is 0 Å². The van der Waals surface area contributed by atoms with Gasteiger partial charge in [-0.2, -0.15) is 0 Å². The summed E-state index contributed by atoms with van der Waals surface area (Å²) >= 11 is 0. The summed E-state index contributed by atoms with van der Waals surface area (Å²) < 4.78 is 10.0. The molecule has 0 bridgehead atoms. The summed E-state index contributed by atoms with van der Waals surface area (Å²) in [5.41, 5.74) is 1.03. The van der Waals surface area contributed by atoms with Gasteiger partial charge in [0.25, 0.3) is 0 Å². The van der Waals surface area contributed by atoms with E-state index in [1.807, 2.05) is 24.3 Å². The molecule has 1 amide bonds. The highest BCUT2D eigenvalue weighted by atomic mass is 16.5. The number of hydrogen-bond donors (Lipinski definition) is 0. The summed E-state index contributed by atoms with van der Waals surface area (Å²) in [6, 6.07) is 7.59. The number of carbonyl (C=O) groups is 2. The molecule has 2 aliphatic heterocycles. The van der Waals surface area contributed by atoms with Gasteiger partial charge in [-0.05, 0) is 17.7 Å². The first-order valence-corrected chi connectivity index (χ1v) is 6.27. The maximum atomic E-state index is 12.1. The van der Waals surface area contributed by atoms with E-state index in [1.165, 1.54) is 0 Å². The van der Waals surface area contributed by atoms with Crippen LogP contribution < -0.4 is 4.74 Å². The van der Waals surface area contributed by atoms with Crippen molar-refractivity contribution in [1.82, 2.24) is 4.90 Å². The average Bonchev–Trinajstić information content (AvgIpc) is 2.93. The van der Waals surface area contributed by atoms with Gasteiger partial charge in [0.2, 0.25) is 5.91 Å². The number of esters is 1. The Hall–Kier alpha value is -2.04. The maximum absolute atomic E-state index is 12.1. The lowest BCUT2D eigenvalue weighted by atomic mass is 10.00. The van der Waals surface area contributed by atoms with E-state index in [1.54, 1.807) is 12.0 Å². The summed E-state index contributed by atoms with van der Waals surface area (Å²) in [4.78, 5) is 25.3. The molecular weight excluding hydrogens is 246 g/mol. The van der Waals surface area contributed by atoms with Gasteiger partial charge in [0, 0.05) is 19.0 Å². The van der Waals surface area contributed by atoms with Crippen LogP contribution in [0.3, 0.4) is 0 Å². The highest BCUT2D eigenvalue weighted by Gasteiger charge is 2.50. The van der Waals surface area contributed by atoms with Crippen LogP contribution >= 0.6 is 0 Å². The number of benzene rings is 1. The number of amides is 1. The summed E-state index contributed by atoms with van der Waals surface area (Å²) in [5.74, 6) is -0.232. The van der Waals surface area contributed by atoms with E-state index in [-0.39, 0.29) is 17.8 Å². The second kappa shape index (κ2) is 4.57. The molecule has 0 aliphatic carbocycles. The van der Waals surface area contributed by atoms with Crippen LogP contribution in [0.4, 0.5) is 0 Å². The van der Waals surface area contributed by atoms with Crippen LogP contribution in [0.2, 0.25) is 0 Å². The van der Waals surface area contributed by atoms with Crippen molar-refractivity contribution in [2.75, 3.05) is 20.3 Å². The zero-order chi connectivity index (χ0) is 13.4. The standard InChI is InChI=1S/C14H15NO4/c1-18-11-4-2-9(3-5-11)6-15-7-10-8-19-14(17)12(10)13(15)16/h2-5,10,12H,6-8H2,1H3. The third kappa shape index (κ3) is 2.05. The summed E-state index contributed by atoms with van der Waals surface area (Å²) in [6.45, 7) is 1.50. The van der Waals surface area contributed by atoms with E-state index in [9.17, 15) is 9.59 Å². The topological polar surface area (TPSA) is 55.8 Å². The molecule has 0 N–H and O–H groups in total. The second-order valence-corrected chi connectivity index (χ2v) is 4.93. The third-order valence-electron chi connectivity index (χ3n) is 3.73. The molecule has 5 nitrogen and oxygen atoms in total. The molecule has 0 spiro atoms. The fourth-order valence-corrected chi connectivity index (χ4v) is 2.69. The minimum absolute atomic E-state index is 0.0262. The molecule has 100 valence electrons. The first kappa shape index (κ1) is 12.0. The number of likely N-dealkylation sites (tertiary alicyclic amines) is 1. The molecule has 0 aromatic heterocycles. The lowest BCUT2D eigenvalue weighted by molar-refractivity contribution is -0.147. The SMILES string of the molecule is COc1ccc(CN2CC3COC(=O)C3C2=O)cc1. The van der Waals surface area contributed by atoms with Crippen molar-refractivity contribution in [1.29, 1.82) is 0 Å². The molecule has 5 heteroatoms. The monoisotopic (exact) mass is 261 g/mol. The Morgan fingerprint density at radius 2 is 2.05 bits per heavy atom. The Morgan fingerprint density at radius 3 is 2.68 bits per heavy atom. The van der Waals surface area contributed by atoms with Gasteiger partial charge < -0.3 is 14.4 Å². The quantitative estimate of drug-likeness (QED) is 0.597. The number of cyclic esters (lactones) is 1. The smallest absolute Gasteiger partial charge is 0.319 e. The zero-order valence-corrected chi connectivity index (χ0v) is 10.7. The maximum Gasteiger partial charge on any atom is 0.319 e. The van der Waals surface area contributed by atoms with Crippen molar-refractivity contribution in [2.24, 2.45) is 11.8 Å². The Morgan fingerprint density at radius 1 is 1.32 bits per heavy atom. The van der Waals surface area contributed by atoms with Crippen LogP contribution in [0.25, 0.3) is 0 Å². The van der Waals surface area contributed by atoms with Crippen molar-refractivity contribution in [3.8, 4) is 5.75 Å². The van der Waals surface area contributed by atoms with Gasteiger partial charge in [-0.25, -0.2) is 0 Å². The van der Waals surface area contributed by atoms with Gasteiger partial charge in [-0.1, -0.05) is 12.1 Å². The van der Waals surface area contributed by atoms with Crippen LogP contribution in [0.1, 0.15) is 5.56 Å². The number of ether oxygens (including phenoxy) is 2. The Labute approximate surface area is 111 Å². The molecule has 2 fully saturated rings. The van der Waals surface area contributed by atoms with E-state index >= 15 is 0 Å². The van der Waals surface area contributed by atoms with Crippen molar-refractivity contribution in [3.63, 3.8) is 0 Å². The predicted octanol–water partition coefficient (Wildman–Crippen LogP) is 0.827. The normalized spacial score (nSPS) is 25.4. The second-order valence-electron chi connectivity index (χ2n) is 4.93. The van der Waals surface area contributed by atoms with Crippen LogP contribution in [0.15, 0.2) is 24.3 Å². The summed E-state index contributed by atoms with van der Waals surface area (Å²) in [5, 5.41) is 0. The lowest BCUT2D eigenvalue weighted by Gasteiger charge is -2.17. The zero-order valence-electron chi connectivity index (χ0n) is 10.7. The largest absolute Gasteiger partial charge is 0.497 e. The number of methoxy groups -OCH3 is 1. The Balaban J connectivity index is 1.70. The minimum atomic E-state index is -0.571. The number of fused-ring (bicyclic) bond motifs is 1. The van der Waals surface area contributed by atoms with Gasteiger partial charge >= 0.3 is 5.97 Å². The molecule has 2 unspecified atom stereocenters. The fourth-order valence-electron chi connectivity index (χ4n) is 2.69. The molecule has 0 radical (unpaired) electrons. The molecular formula is C14H15NO4. The molecule has 19 heavy (non-hydrogen) atoms. The molecule has 2 saturated heterocycles. The molecule has 0 saturated carbocycles. The minimum Gasteiger partial charge on any atom is -0.497 e. The Bertz CT molecular complexity index is 511. The molecule has 3 rings (SSSR count). The highest BCUT2D eigenvalue weighted by molar-refractivity contribution is 6.00. The first-order chi connectivity index (χ1) is 9.19. The van der Waals surface area contributed by atoms with Gasteiger partial charge in [0.1, 0.15) is 11.7 Å². The third-order valence-corrected chi connectivity index (χ3v) is 3.73. The predicted molar refractivity (Wildman–Crippen MR) is 66.4 cm³/mol. The van der Waals surface area contributed by atoms with Gasteiger partial charge in [-0.15, -0.1) is 0 Å². The lowest BCUT2D eigenvalue weighted by Crippen LogP contribution is -2.29. The van der Waals surface area contributed by atoms with Crippen molar-refractivity contribution >= 4 is 11.9 Å². The van der Waals surface area contributed by atoms with E-state index in [4.69, 9.17) is 9.47 Å². The number of rotatable bonds is 3. The van der Waals surface area contributed by atoms with E-state index in [0.717, 1.165) is 11.3 Å². The molecule has 1 aromatic carbocycles. The molecule has 2 aliphatic rings. The molecule has 2 heterocycles. The van der Waals surface area contributed by atoms with Crippen LogP contribution in [-0.4, -0.2) is 37.0 Å². The number of carbonyl (C=O) groups excluding carboxylic acids is 2. The molecule has 2 atom stereocenters.